The van der Waals surface area contributed by atoms with Crippen LogP contribution in [0.2, 0.25) is 0 Å². The number of nitrogens with zero attached hydrogens (tertiary/aromatic N) is 1. The molecular formula is C16H16BrN3OS. The highest BCUT2D eigenvalue weighted by atomic mass is 79.9. The predicted molar refractivity (Wildman–Crippen MR) is 91.2 cm³/mol. The van der Waals surface area contributed by atoms with Gasteiger partial charge >= 0.3 is 0 Å². The Morgan fingerprint density at radius 2 is 2.14 bits per heavy atom. The van der Waals surface area contributed by atoms with Gasteiger partial charge in [0.1, 0.15) is 10.7 Å². The van der Waals surface area contributed by atoms with E-state index in [1.165, 1.54) is 0 Å². The predicted octanol–water partition coefficient (Wildman–Crippen LogP) is 2.94. The van der Waals surface area contributed by atoms with E-state index in [1.807, 2.05) is 36.4 Å². The molecule has 22 heavy (non-hydrogen) atoms. The van der Waals surface area contributed by atoms with Gasteiger partial charge in [-0.15, -0.1) is 0 Å². The van der Waals surface area contributed by atoms with Crippen molar-refractivity contribution < 1.29 is 4.79 Å². The van der Waals surface area contributed by atoms with Crippen molar-refractivity contribution in [3.63, 3.8) is 0 Å². The molecule has 0 saturated carbocycles. The van der Waals surface area contributed by atoms with Crippen LogP contribution in [-0.4, -0.2) is 30.5 Å². The van der Waals surface area contributed by atoms with Crippen molar-refractivity contribution in [1.82, 2.24) is 15.6 Å². The molecule has 1 aliphatic heterocycles. The van der Waals surface area contributed by atoms with Crippen LogP contribution in [0.4, 0.5) is 0 Å². The number of amides is 1. The Labute approximate surface area is 142 Å². The zero-order valence-corrected chi connectivity index (χ0v) is 14.3. The smallest absolute Gasteiger partial charge is 0.269 e. The maximum atomic E-state index is 12.1. The first-order chi connectivity index (χ1) is 10.7. The van der Waals surface area contributed by atoms with E-state index >= 15 is 0 Å². The minimum absolute atomic E-state index is 0.108. The molecule has 6 heteroatoms. The van der Waals surface area contributed by atoms with E-state index in [0.29, 0.717) is 18.2 Å². The van der Waals surface area contributed by atoms with Gasteiger partial charge in [-0.1, -0.05) is 39.8 Å². The highest BCUT2D eigenvalue weighted by Crippen LogP contribution is 2.28. The molecule has 2 heterocycles. The van der Waals surface area contributed by atoms with Crippen LogP contribution >= 0.6 is 27.7 Å². The quantitative estimate of drug-likeness (QED) is 0.840. The lowest BCUT2D eigenvalue weighted by Crippen LogP contribution is -2.48. The third-order valence-electron chi connectivity index (χ3n) is 3.39. The molecule has 1 aromatic carbocycles. The van der Waals surface area contributed by atoms with E-state index < -0.39 is 0 Å². The standard InChI is InChI=1S/C16H16BrN3OS/c17-12-3-1-4-13(7-12)22-15-6-2-5-14(20-15)16(21)19-10-11-8-18-9-11/h1-7,11,18H,8-10H2,(H,19,21). The third-order valence-corrected chi connectivity index (χ3v) is 4.81. The van der Waals surface area contributed by atoms with Crippen LogP contribution in [0.1, 0.15) is 10.5 Å². The second kappa shape index (κ2) is 7.26. The number of carbonyl (C=O) groups is 1. The largest absolute Gasteiger partial charge is 0.350 e. The Kier molecular flexibility index (Phi) is 5.12. The fourth-order valence-corrected chi connectivity index (χ4v) is 3.49. The molecular weight excluding hydrogens is 362 g/mol. The van der Waals surface area contributed by atoms with Crippen LogP contribution in [0, 0.1) is 5.92 Å². The van der Waals surface area contributed by atoms with Crippen molar-refractivity contribution in [2.24, 2.45) is 5.92 Å². The van der Waals surface area contributed by atoms with Crippen molar-refractivity contribution in [3.8, 4) is 0 Å². The summed E-state index contributed by atoms with van der Waals surface area (Å²) in [5, 5.41) is 6.95. The summed E-state index contributed by atoms with van der Waals surface area (Å²) in [6.45, 7) is 2.66. The van der Waals surface area contributed by atoms with E-state index in [2.05, 4.69) is 31.5 Å². The van der Waals surface area contributed by atoms with Crippen molar-refractivity contribution in [1.29, 1.82) is 0 Å². The Hall–Kier alpha value is -1.37. The molecule has 0 atom stereocenters. The average Bonchev–Trinajstić information content (AvgIpc) is 2.46. The average molecular weight is 378 g/mol. The Morgan fingerprint density at radius 3 is 2.86 bits per heavy atom. The summed E-state index contributed by atoms with van der Waals surface area (Å²) < 4.78 is 1.03. The van der Waals surface area contributed by atoms with E-state index in [9.17, 15) is 4.79 Å². The first kappa shape index (κ1) is 15.5. The lowest BCUT2D eigenvalue weighted by atomic mass is 10.0. The molecule has 1 saturated heterocycles. The summed E-state index contributed by atoms with van der Waals surface area (Å²) >= 11 is 5.00. The van der Waals surface area contributed by atoms with E-state index in [0.717, 1.165) is 27.5 Å². The van der Waals surface area contributed by atoms with Gasteiger partial charge in [0, 0.05) is 34.9 Å². The molecule has 0 aliphatic carbocycles. The van der Waals surface area contributed by atoms with Crippen LogP contribution in [0.3, 0.4) is 0 Å². The minimum Gasteiger partial charge on any atom is -0.350 e. The normalized spacial score (nSPS) is 14.4. The van der Waals surface area contributed by atoms with Gasteiger partial charge in [-0.25, -0.2) is 4.98 Å². The fraction of sp³-hybridized carbons (Fsp3) is 0.250. The van der Waals surface area contributed by atoms with E-state index in [4.69, 9.17) is 0 Å². The lowest BCUT2D eigenvalue weighted by molar-refractivity contribution is 0.0936. The molecule has 0 spiro atoms. The monoisotopic (exact) mass is 377 g/mol. The van der Waals surface area contributed by atoms with Crippen LogP contribution in [0.15, 0.2) is 56.9 Å². The number of rotatable bonds is 5. The van der Waals surface area contributed by atoms with Gasteiger partial charge < -0.3 is 10.6 Å². The van der Waals surface area contributed by atoms with Crippen LogP contribution in [0.5, 0.6) is 0 Å². The molecule has 2 N–H and O–H groups in total. The van der Waals surface area contributed by atoms with Crippen LogP contribution in [-0.2, 0) is 0 Å². The summed E-state index contributed by atoms with van der Waals surface area (Å²) in [5.41, 5.74) is 0.465. The molecule has 114 valence electrons. The number of benzene rings is 1. The summed E-state index contributed by atoms with van der Waals surface area (Å²) in [6.07, 6.45) is 0. The molecule has 0 bridgehead atoms. The lowest BCUT2D eigenvalue weighted by Gasteiger charge is -2.26. The number of nitrogens with one attached hydrogen (secondary N) is 2. The Balaban J connectivity index is 1.65. The van der Waals surface area contributed by atoms with Gasteiger partial charge in [0.2, 0.25) is 0 Å². The second-order valence-electron chi connectivity index (χ2n) is 5.15. The van der Waals surface area contributed by atoms with Crippen LogP contribution < -0.4 is 10.6 Å². The number of carbonyl (C=O) groups excluding carboxylic acids is 1. The number of hydrogen-bond donors (Lipinski definition) is 2. The van der Waals surface area contributed by atoms with Gasteiger partial charge in [0.25, 0.3) is 5.91 Å². The van der Waals surface area contributed by atoms with Crippen LogP contribution in [0.25, 0.3) is 0 Å². The summed E-state index contributed by atoms with van der Waals surface area (Å²) in [6, 6.07) is 13.5. The van der Waals surface area contributed by atoms with Gasteiger partial charge in [0.15, 0.2) is 0 Å². The molecule has 1 aliphatic rings. The molecule has 1 amide bonds. The summed E-state index contributed by atoms with van der Waals surface area (Å²) in [5.74, 6) is 0.437. The van der Waals surface area contributed by atoms with Gasteiger partial charge in [-0.2, -0.15) is 0 Å². The molecule has 0 radical (unpaired) electrons. The Morgan fingerprint density at radius 1 is 1.32 bits per heavy atom. The highest BCUT2D eigenvalue weighted by molar-refractivity contribution is 9.10. The van der Waals surface area contributed by atoms with Crippen molar-refractivity contribution in [3.05, 3.63) is 52.6 Å². The fourth-order valence-electron chi connectivity index (χ4n) is 2.07. The Bertz CT molecular complexity index is 676. The first-order valence-electron chi connectivity index (χ1n) is 7.10. The second-order valence-corrected chi connectivity index (χ2v) is 7.16. The number of hydrogen-bond acceptors (Lipinski definition) is 4. The molecule has 2 aromatic rings. The van der Waals surface area contributed by atoms with E-state index in [1.54, 1.807) is 17.8 Å². The minimum atomic E-state index is -0.108. The number of halogens is 1. The maximum absolute atomic E-state index is 12.1. The maximum Gasteiger partial charge on any atom is 0.269 e. The third kappa shape index (κ3) is 4.09. The highest BCUT2D eigenvalue weighted by Gasteiger charge is 2.18. The zero-order valence-electron chi connectivity index (χ0n) is 11.9. The van der Waals surface area contributed by atoms with Crippen molar-refractivity contribution in [2.45, 2.75) is 9.92 Å². The summed E-state index contributed by atoms with van der Waals surface area (Å²) in [4.78, 5) is 17.7. The molecule has 1 aromatic heterocycles. The van der Waals surface area contributed by atoms with Gasteiger partial charge in [-0.3, -0.25) is 4.79 Å². The molecule has 3 rings (SSSR count). The number of aromatic nitrogens is 1. The summed E-state index contributed by atoms with van der Waals surface area (Å²) in [7, 11) is 0. The molecule has 1 fully saturated rings. The number of pyridine rings is 1. The zero-order chi connectivity index (χ0) is 15.4. The van der Waals surface area contributed by atoms with Gasteiger partial charge in [0.05, 0.1) is 0 Å². The molecule has 0 unspecified atom stereocenters. The van der Waals surface area contributed by atoms with Crippen molar-refractivity contribution >= 4 is 33.6 Å². The topological polar surface area (TPSA) is 54.0 Å². The van der Waals surface area contributed by atoms with Crippen molar-refractivity contribution in [2.75, 3.05) is 19.6 Å². The van der Waals surface area contributed by atoms with E-state index in [-0.39, 0.29) is 5.91 Å². The van der Waals surface area contributed by atoms with Gasteiger partial charge in [-0.05, 0) is 30.3 Å². The molecule has 4 nitrogen and oxygen atoms in total. The first-order valence-corrected chi connectivity index (χ1v) is 8.71. The SMILES string of the molecule is O=C(NCC1CNC1)c1cccc(Sc2cccc(Br)c2)n1.